The quantitative estimate of drug-likeness (QED) is 0.556. The van der Waals surface area contributed by atoms with E-state index in [2.05, 4.69) is 17.1 Å². The van der Waals surface area contributed by atoms with Crippen molar-refractivity contribution in [3.05, 3.63) is 63.7 Å². The Morgan fingerprint density at radius 2 is 2.04 bits per heavy atom. The van der Waals surface area contributed by atoms with Gasteiger partial charge in [-0.3, -0.25) is 19.8 Å². The maximum absolute atomic E-state index is 12.5. The molecule has 0 saturated carbocycles. The summed E-state index contributed by atoms with van der Waals surface area (Å²) in [6, 6.07) is 12.9. The summed E-state index contributed by atoms with van der Waals surface area (Å²) in [4.78, 5) is 27.4. The van der Waals surface area contributed by atoms with E-state index in [1.807, 2.05) is 31.2 Å². The molecule has 0 spiro atoms. The van der Waals surface area contributed by atoms with Gasteiger partial charge >= 0.3 is 0 Å². The van der Waals surface area contributed by atoms with Gasteiger partial charge < -0.3 is 5.32 Å². The topological polar surface area (TPSA) is 75.5 Å². The van der Waals surface area contributed by atoms with E-state index in [1.54, 1.807) is 12.1 Å². The van der Waals surface area contributed by atoms with Crippen molar-refractivity contribution in [3.63, 3.8) is 0 Å². The third-order valence-electron chi connectivity index (χ3n) is 5.07. The van der Waals surface area contributed by atoms with Gasteiger partial charge in [-0.1, -0.05) is 36.4 Å². The van der Waals surface area contributed by atoms with Gasteiger partial charge in [-0.05, 0) is 57.1 Å². The smallest absolute Gasteiger partial charge is 0.284 e. The molecule has 2 aromatic rings. The predicted molar refractivity (Wildman–Crippen MR) is 111 cm³/mol. The number of carbonyl (C=O) groups is 1. The van der Waals surface area contributed by atoms with Crippen molar-refractivity contribution < 1.29 is 9.72 Å². The van der Waals surface area contributed by atoms with Crippen molar-refractivity contribution in [1.29, 1.82) is 0 Å². The maximum Gasteiger partial charge on any atom is 0.284 e. The summed E-state index contributed by atoms with van der Waals surface area (Å²) >= 11 is 1.33. The Morgan fingerprint density at radius 3 is 2.71 bits per heavy atom. The largest absolute Gasteiger partial charge is 0.350 e. The van der Waals surface area contributed by atoms with Crippen LogP contribution in [0.2, 0.25) is 0 Å². The van der Waals surface area contributed by atoms with Gasteiger partial charge in [0.2, 0.25) is 0 Å². The summed E-state index contributed by atoms with van der Waals surface area (Å²) in [6.07, 6.45) is 2.21. The van der Waals surface area contributed by atoms with Crippen molar-refractivity contribution in [2.75, 3.05) is 19.6 Å². The molecule has 0 radical (unpaired) electrons. The molecule has 1 aliphatic heterocycles. The lowest BCUT2D eigenvalue weighted by molar-refractivity contribution is -0.387. The van der Waals surface area contributed by atoms with Crippen molar-refractivity contribution in [2.24, 2.45) is 0 Å². The summed E-state index contributed by atoms with van der Waals surface area (Å²) in [5, 5.41) is 14.5. The van der Waals surface area contributed by atoms with Crippen molar-refractivity contribution >= 4 is 23.4 Å². The molecule has 6 nitrogen and oxygen atoms in total. The van der Waals surface area contributed by atoms with Crippen molar-refractivity contribution in [1.82, 2.24) is 10.2 Å². The lowest BCUT2D eigenvalue weighted by Gasteiger charge is -2.22. The zero-order valence-corrected chi connectivity index (χ0v) is 17.0. The van der Waals surface area contributed by atoms with Crippen molar-refractivity contribution in [2.45, 2.75) is 42.5 Å². The van der Waals surface area contributed by atoms with Gasteiger partial charge in [0.25, 0.3) is 11.6 Å². The van der Waals surface area contributed by atoms with E-state index in [9.17, 15) is 14.9 Å². The van der Waals surface area contributed by atoms with E-state index in [-0.39, 0.29) is 11.6 Å². The van der Waals surface area contributed by atoms with Crippen LogP contribution in [0.25, 0.3) is 0 Å². The molecule has 2 aromatic carbocycles. The summed E-state index contributed by atoms with van der Waals surface area (Å²) in [6.45, 7) is 6.72. The Hall–Kier alpha value is -2.38. The molecule has 0 bridgehead atoms. The lowest BCUT2D eigenvalue weighted by Crippen LogP contribution is -2.40. The molecule has 1 atom stereocenters. The fourth-order valence-corrected chi connectivity index (χ4v) is 4.38. The molecule has 1 heterocycles. The van der Waals surface area contributed by atoms with E-state index in [1.165, 1.54) is 17.8 Å². The van der Waals surface area contributed by atoms with Gasteiger partial charge in [-0.15, -0.1) is 0 Å². The monoisotopic (exact) mass is 399 g/mol. The van der Waals surface area contributed by atoms with Gasteiger partial charge in [0.1, 0.15) is 0 Å². The first-order valence-electron chi connectivity index (χ1n) is 9.53. The van der Waals surface area contributed by atoms with Gasteiger partial charge in [-0.2, -0.15) is 0 Å². The second kappa shape index (κ2) is 9.21. The summed E-state index contributed by atoms with van der Waals surface area (Å²) < 4.78 is 0. The Kier molecular flexibility index (Phi) is 6.70. The molecular weight excluding hydrogens is 374 g/mol. The third-order valence-corrected chi connectivity index (χ3v) is 6.14. The highest BCUT2D eigenvalue weighted by Gasteiger charge is 2.24. The highest BCUT2D eigenvalue weighted by atomic mass is 32.2. The molecule has 148 valence electrons. The van der Waals surface area contributed by atoms with E-state index in [0.717, 1.165) is 36.4 Å². The van der Waals surface area contributed by atoms with Crippen molar-refractivity contribution in [3.8, 4) is 0 Å². The fraction of sp³-hybridized carbons (Fsp3) is 0.381. The Bertz CT molecular complexity index is 854. The molecule has 7 heteroatoms. The van der Waals surface area contributed by atoms with Crippen LogP contribution in [0.3, 0.4) is 0 Å². The molecular formula is C21H25N3O3S. The fourth-order valence-electron chi connectivity index (χ4n) is 3.48. The number of aryl methyl sites for hydroxylation is 1. The Labute approximate surface area is 169 Å². The second-order valence-electron chi connectivity index (χ2n) is 6.99. The highest BCUT2D eigenvalue weighted by Crippen LogP contribution is 2.35. The lowest BCUT2D eigenvalue weighted by atomic mass is 10.1. The van der Waals surface area contributed by atoms with E-state index >= 15 is 0 Å². The number of nitrogens with one attached hydrogen (secondary N) is 1. The van der Waals surface area contributed by atoms with Crippen LogP contribution in [-0.4, -0.2) is 41.4 Å². The standard InChI is InChI=1S/C21H25N3O3S/c1-3-23-12-4-5-17(23)14-22-21(25)16-8-11-20(19(13-16)24(26)27)28-18-9-6-15(2)7-10-18/h6-11,13,17H,3-5,12,14H2,1-2H3,(H,22,25)/t17-/m0/s1. The number of rotatable bonds is 7. The molecule has 3 rings (SSSR count). The highest BCUT2D eigenvalue weighted by molar-refractivity contribution is 7.99. The number of likely N-dealkylation sites (N-methyl/N-ethyl adjacent to an activating group) is 1. The first kappa shape index (κ1) is 20.4. The van der Waals surface area contributed by atoms with Gasteiger partial charge in [0.05, 0.1) is 9.82 Å². The van der Waals surface area contributed by atoms with Gasteiger partial charge in [0.15, 0.2) is 0 Å². The minimum absolute atomic E-state index is 0.0470. The number of benzene rings is 2. The first-order valence-corrected chi connectivity index (χ1v) is 10.3. The average molecular weight is 400 g/mol. The predicted octanol–water partition coefficient (Wildman–Crippen LogP) is 4.27. The SMILES string of the molecule is CCN1CCC[C@H]1CNC(=O)c1ccc(Sc2ccc(C)cc2)c([N+](=O)[O-])c1. The Morgan fingerprint density at radius 1 is 1.29 bits per heavy atom. The normalized spacial score (nSPS) is 16.9. The van der Waals surface area contributed by atoms with Crippen LogP contribution in [0, 0.1) is 17.0 Å². The summed E-state index contributed by atoms with van der Waals surface area (Å²) in [5.41, 5.74) is 1.41. The van der Waals surface area contributed by atoms with Gasteiger partial charge in [-0.25, -0.2) is 0 Å². The molecule has 0 aliphatic carbocycles. The molecule has 28 heavy (non-hydrogen) atoms. The number of hydrogen-bond acceptors (Lipinski definition) is 5. The average Bonchev–Trinajstić information content (AvgIpc) is 3.15. The van der Waals surface area contributed by atoms with Crippen LogP contribution in [-0.2, 0) is 0 Å². The molecule has 0 aromatic heterocycles. The first-order chi connectivity index (χ1) is 13.5. The molecule has 1 amide bonds. The van der Waals surface area contributed by atoms with Gasteiger partial charge in [0, 0.05) is 29.1 Å². The molecule has 1 fully saturated rings. The van der Waals surface area contributed by atoms with E-state index in [0.29, 0.717) is 23.0 Å². The minimum atomic E-state index is -0.427. The minimum Gasteiger partial charge on any atom is -0.350 e. The van der Waals surface area contributed by atoms with Crippen LogP contribution >= 0.6 is 11.8 Å². The van der Waals surface area contributed by atoms with E-state index in [4.69, 9.17) is 0 Å². The number of likely N-dealkylation sites (tertiary alicyclic amines) is 1. The Balaban J connectivity index is 1.71. The molecule has 1 N–H and O–H groups in total. The van der Waals surface area contributed by atoms with Crippen LogP contribution < -0.4 is 5.32 Å². The summed E-state index contributed by atoms with van der Waals surface area (Å²) in [7, 11) is 0. The zero-order valence-electron chi connectivity index (χ0n) is 16.2. The second-order valence-corrected chi connectivity index (χ2v) is 8.10. The van der Waals surface area contributed by atoms with Crippen LogP contribution in [0.5, 0.6) is 0 Å². The summed E-state index contributed by atoms with van der Waals surface area (Å²) in [5.74, 6) is -0.266. The van der Waals surface area contributed by atoms with E-state index < -0.39 is 4.92 Å². The molecule has 1 aliphatic rings. The number of nitro groups is 1. The maximum atomic E-state index is 12.5. The van der Waals surface area contributed by atoms with Crippen LogP contribution in [0.4, 0.5) is 5.69 Å². The molecule has 0 unspecified atom stereocenters. The number of amides is 1. The number of nitrogens with zero attached hydrogens (tertiary/aromatic N) is 2. The number of hydrogen-bond donors (Lipinski definition) is 1. The zero-order chi connectivity index (χ0) is 20.1. The van der Waals surface area contributed by atoms with Crippen LogP contribution in [0.15, 0.2) is 52.3 Å². The number of carbonyl (C=O) groups excluding carboxylic acids is 1. The molecule has 1 saturated heterocycles. The number of nitro benzene ring substituents is 1. The van der Waals surface area contributed by atoms with Crippen LogP contribution in [0.1, 0.15) is 35.7 Å². The third kappa shape index (κ3) is 4.91.